The van der Waals surface area contributed by atoms with Gasteiger partial charge in [-0.05, 0) is 44.9 Å². The molecule has 3 aliphatic heterocycles. The van der Waals surface area contributed by atoms with Crippen LogP contribution in [0.2, 0.25) is 5.02 Å². The largest absolute Gasteiger partial charge is 0.397 e. The SMILES string of the molecule is CN1C2CCCC1CC(N1C(=O)c3cccc4c(N)c(Cl)cc(c34)C1=O)C2. The standard InChI is InChI=1S/C21H22ClN3O2/c1-24-11-4-2-5-12(24)9-13(8-11)25-20(26)15-7-3-6-14-18(15)16(21(25)27)10-17(22)19(14)23/h3,6-7,10-13H,2,4-5,8-9,23H2,1H3. The molecule has 0 aliphatic carbocycles. The number of hydrogen-bond donors (Lipinski definition) is 1. The van der Waals surface area contributed by atoms with Crippen molar-refractivity contribution in [2.45, 2.75) is 50.2 Å². The maximum Gasteiger partial charge on any atom is 0.261 e. The van der Waals surface area contributed by atoms with Gasteiger partial charge in [0.25, 0.3) is 11.8 Å². The lowest BCUT2D eigenvalue weighted by Gasteiger charge is -2.49. The highest BCUT2D eigenvalue weighted by molar-refractivity contribution is 6.37. The molecule has 5 nitrogen and oxygen atoms in total. The van der Waals surface area contributed by atoms with Crippen LogP contribution >= 0.6 is 11.6 Å². The Morgan fingerprint density at radius 1 is 1.04 bits per heavy atom. The Kier molecular flexibility index (Phi) is 3.75. The highest BCUT2D eigenvalue weighted by Gasteiger charge is 2.44. The second kappa shape index (κ2) is 5.94. The molecule has 0 radical (unpaired) electrons. The first-order valence-electron chi connectivity index (χ1n) is 9.58. The van der Waals surface area contributed by atoms with Crippen LogP contribution in [-0.4, -0.2) is 46.8 Å². The van der Waals surface area contributed by atoms with E-state index >= 15 is 0 Å². The fraction of sp³-hybridized carbons (Fsp3) is 0.429. The molecule has 2 fully saturated rings. The van der Waals surface area contributed by atoms with Crippen molar-refractivity contribution in [3.8, 4) is 0 Å². The summed E-state index contributed by atoms with van der Waals surface area (Å²) < 4.78 is 0. The van der Waals surface area contributed by atoms with Crippen LogP contribution in [0.5, 0.6) is 0 Å². The summed E-state index contributed by atoms with van der Waals surface area (Å²) in [4.78, 5) is 30.6. The van der Waals surface area contributed by atoms with Crippen LogP contribution in [0, 0.1) is 0 Å². The number of hydrogen-bond acceptors (Lipinski definition) is 4. The molecule has 6 heteroatoms. The first-order valence-corrected chi connectivity index (χ1v) is 9.95. The van der Waals surface area contributed by atoms with Crippen molar-refractivity contribution in [3.05, 3.63) is 40.4 Å². The summed E-state index contributed by atoms with van der Waals surface area (Å²) in [7, 11) is 2.17. The van der Waals surface area contributed by atoms with Gasteiger partial charge in [0.15, 0.2) is 0 Å². The lowest BCUT2D eigenvalue weighted by Crippen LogP contribution is -2.58. The number of nitrogens with two attached hydrogens (primary N) is 1. The molecule has 2 bridgehead atoms. The molecule has 0 aromatic heterocycles. The molecule has 2 aromatic carbocycles. The quantitative estimate of drug-likeness (QED) is 0.602. The van der Waals surface area contributed by atoms with E-state index in [9.17, 15) is 9.59 Å². The lowest BCUT2D eigenvalue weighted by atomic mass is 9.80. The highest BCUT2D eigenvalue weighted by atomic mass is 35.5. The molecule has 0 spiro atoms. The minimum atomic E-state index is -0.238. The lowest BCUT2D eigenvalue weighted by molar-refractivity contribution is 0.0108. The molecule has 2 unspecified atom stereocenters. The molecule has 5 rings (SSSR count). The zero-order valence-corrected chi connectivity index (χ0v) is 16.0. The van der Waals surface area contributed by atoms with Crippen LogP contribution in [0.15, 0.2) is 24.3 Å². The number of carbonyl (C=O) groups is 2. The fourth-order valence-corrected chi connectivity index (χ4v) is 5.51. The smallest absolute Gasteiger partial charge is 0.261 e. The summed E-state index contributed by atoms with van der Waals surface area (Å²) in [5, 5.41) is 1.67. The first-order chi connectivity index (χ1) is 13.0. The van der Waals surface area contributed by atoms with E-state index in [4.69, 9.17) is 17.3 Å². The number of benzene rings is 2. The maximum absolute atomic E-state index is 13.4. The summed E-state index contributed by atoms with van der Waals surface area (Å²) in [5.41, 5.74) is 7.56. The molecule has 2 amide bonds. The predicted octanol–water partition coefficient (Wildman–Crippen LogP) is 3.69. The van der Waals surface area contributed by atoms with Gasteiger partial charge in [-0.15, -0.1) is 0 Å². The van der Waals surface area contributed by atoms with Gasteiger partial charge in [0, 0.05) is 34.5 Å². The minimum absolute atomic E-state index is 0.0590. The molecule has 3 heterocycles. The number of rotatable bonds is 1. The van der Waals surface area contributed by atoms with Crippen LogP contribution in [0.3, 0.4) is 0 Å². The number of imide groups is 1. The van der Waals surface area contributed by atoms with Crippen LogP contribution < -0.4 is 5.73 Å². The Balaban J connectivity index is 1.62. The number of fused-ring (bicyclic) bond motifs is 2. The Labute approximate surface area is 163 Å². The second-order valence-electron chi connectivity index (χ2n) is 8.06. The number of carbonyl (C=O) groups excluding carboxylic acids is 2. The molecule has 2 N–H and O–H groups in total. The van der Waals surface area contributed by atoms with E-state index in [0.717, 1.165) is 25.7 Å². The van der Waals surface area contributed by atoms with Crippen LogP contribution in [0.25, 0.3) is 10.8 Å². The van der Waals surface area contributed by atoms with Gasteiger partial charge in [-0.1, -0.05) is 30.2 Å². The Bertz CT molecular complexity index is 975. The number of nitrogens with zero attached hydrogens (tertiary/aromatic N) is 2. The van der Waals surface area contributed by atoms with Gasteiger partial charge in [0.05, 0.1) is 16.3 Å². The van der Waals surface area contributed by atoms with Gasteiger partial charge < -0.3 is 10.6 Å². The molecule has 27 heavy (non-hydrogen) atoms. The van der Waals surface area contributed by atoms with Crippen molar-refractivity contribution in [2.75, 3.05) is 12.8 Å². The van der Waals surface area contributed by atoms with Crippen molar-refractivity contribution in [2.24, 2.45) is 0 Å². The number of amides is 2. The summed E-state index contributed by atoms with van der Waals surface area (Å²) in [5.74, 6) is -0.439. The first kappa shape index (κ1) is 17.0. The molecule has 2 atom stereocenters. The molecular formula is C21H22ClN3O2. The van der Waals surface area contributed by atoms with Gasteiger partial charge in [-0.3, -0.25) is 14.5 Å². The zero-order valence-electron chi connectivity index (χ0n) is 15.2. The summed E-state index contributed by atoms with van der Waals surface area (Å²) >= 11 is 6.29. The summed E-state index contributed by atoms with van der Waals surface area (Å²) in [6, 6.07) is 7.86. The normalized spacial score (nSPS) is 28.1. The Morgan fingerprint density at radius 3 is 2.41 bits per heavy atom. The number of piperidine rings is 2. The monoisotopic (exact) mass is 383 g/mol. The van der Waals surface area contributed by atoms with E-state index in [-0.39, 0.29) is 17.9 Å². The van der Waals surface area contributed by atoms with Crippen molar-refractivity contribution in [1.29, 1.82) is 0 Å². The van der Waals surface area contributed by atoms with Gasteiger partial charge in [0.2, 0.25) is 0 Å². The average Bonchev–Trinajstić information content (AvgIpc) is 2.64. The van der Waals surface area contributed by atoms with E-state index in [0.29, 0.717) is 44.7 Å². The molecular weight excluding hydrogens is 362 g/mol. The van der Waals surface area contributed by atoms with Gasteiger partial charge in [-0.2, -0.15) is 0 Å². The Morgan fingerprint density at radius 2 is 1.70 bits per heavy atom. The average molecular weight is 384 g/mol. The van der Waals surface area contributed by atoms with E-state index in [1.54, 1.807) is 12.1 Å². The van der Waals surface area contributed by atoms with Gasteiger partial charge in [-0.25, -0.2) is 0 Å². The third-order valence-corrected chi connectivity index (χ3v) is 7.04. The third kappa shape index (κ3) is 2.34. The molecule has 0 saturated carbocycles. The Hall–Kier alpha value is -2.11. The van der Waals surface area contributed by atoms with Crippen LogP contribution in [-0.2, 0) is 0 Å². The number of anilines is 1. The molecule has 2 aromatic rings. The van der Waals surface area contributed by atoms with Crippen molar-refractivity contribution < 1.29 is 9.59 Å². The van der Waals surface area contributed by atoms with E-state index in [2.05, 4.69) is 11.9 Å². The van der Waals surface area contributed by atoms with Crippen LogP contribution in [0.1, 0.15) is 52.8 Å². The van der Waals surface area contributed by atoms with Crippen molar-refractivity contribution in [1.82, 2.24) is 9.80 Å². The molecule has 140 valence electrons. The topological polar surface area (TPSA) is 66.6 Å². The third-order valence-electron chi connectivity index (χ3n) is 6.73. The zero-order chi connectivity index (χ0) is 18.9. The van der Waals surface area contributed by atoms with Crippen LogP contribution in [0.4, 0.5) is 5.69 Å². The highest BCUT2D eigenvalue weighted by Crippen LogP contribution is 2.41. The summed E-state index contributed by atoms with van der Waals surface area (Å²) in [6.07, 6.45) is 5.19. The predicted molar refractivity (Wildman–Crippen MR) is 106 cm³/mol. The van der Waals surface area contributed by atoms with E-state index in [1.165, 1.54) is 11.3 Å². The maximum atomic E-state index is 13.4. The molecule has 3 aliphatic rings. The minimum Gasteiger partial charge on any atom is -0.397 e. The van der Waals surface area contributed by atoms with E-state index < -0.39 is 0 Å². The van der Waals surface area contributed by atoms with E-state index in [1.807, 2.05) is 12.1 Å². The molecule has 2 saturated heterocycles. The van der Waals surface area contributed by atoms with Gasteiger partial charge >= 0.3 is 0 Å². The number of halogens is 1. The number of nitrogen functional groups attached to an aromatic ring is 1. The van der Waals surface area contributed by atoms with Gasteiger partial charge in [0.1, 0.15) is 0 Å². The fourth-order valence-electron chi connectivity index (χ4n) is 5.30. The van der Waals surface area contributed by atoms with Crippen molar-refractivity contribution in [3.63, 3.8) is 0 Å². The van der Waals surface area contributed by atoms with Crippen molar-refractivity contribution >= 4 is 39.9 Å². The summed E-state index contributed by atoms with van der Waals surface area (Å²) in [6.45, 7) is 0. The second-order valence-corrected chi connectivity index (χ2v) is 8.46.